The number of hydrogen-bond donors (Lipinski definition) is 1. The molecule has 0 aliphatic rings. The molecule has 1 N–H and O–H groups in total. The van der Waals surface area contributed by atoms with E-state index in [-0.39, 0.29) is 0 Å². The van der Waals surface area contributed by atoms with Gasteiger partial charge < -0.3 is 5.32 Å². The minimum Gasteiger partial charge on any atom is -0.392 e. The molecule has 0 aliphatic carbocycles. The molecular weight excluding hydrogens is 160 g/mol. The van der Waals surface area contributed by atoms with Crippen molar-refractivity contribution in [2.24, 2.45) is 4.99 Å². The van der Waals surface area contributed by atoms with E-state index >= 15 is 0 Å². The van der Waals surface area contributed by atoms with Gasteiger partial charge in [-0.05, 0) is 33.3 Å². The van der Waals surface area contributed by atoms with Gasteiger partial charge in [-0.1, -0.05) is 13.3 Å². The molecule has 0 amide bonds. The number of hydrogen-bond acceptors (Lipinski definition) is 2. The van der Waals surface area contributed by atoms with E-state index < -0.39 is 0 Å². The van der Waals surface area contributed by atoms with Crippen molar-refractivity contribution in [1.82, 2.24) is 5.32 Å². The molecule has 0 saturated heterocycles. The lowest BCUT2D eigenvalue weighted by Gasteiger charge is -2.05. The highest BCUT2D eigenvalue weighted by Gasteiger charge is 1.96. The van der Waals surface area contributed by atoms with Crippen LogP contribution in [0, 0.1) is 0 Å². The molecule has 2 nitrogen and oxygen atoms in total. The third-order valence-corrected chi connectivity index (χ3v) is 1.95. The first-order valence-corrected chi connectivity index (χ1v) is 5.00. The smallest absolute Gasteiger partial charge is 0.0474 e. The van der Waals surface area contributed by atoms with Crippen LogP contribution < -0.4 is 5.32 Å². The van der Waals surface area contributed by atoms with Gasteiger partial charge in [0.2, 0.25) is 0 Å². The minimum absolute atomic E-state index is 0.450. The van der Waals surface area contributed by atoms with Crippen LogP contribution in [-0.2, 0) is 0 Å². The molecule has 0 aliphatic heterocycles. The molecule has 2 heteroatoms. The standard InChI is InChI=1S/C11H22N2/c1-6-7-9(2)13-11(4)8-10(3)12-5/h8-9,12H,6-7H2,1-5H3/b10-8+,13-11-. The first-order valence-electron chi connectivity index (χ1n) is 5.00. The summed E-state index contributed by atoms with van der Waals surface area (Å²) in [5.74, 6) is 0. The van der Waals surface area contributed by atoms with Crippen LogP contribution in [0.2, 0.25) is 0 Å². The lowest BCUT2D eigenvalue weighted by molar-refractivity contribution is 0.655. The summed E-state index contributed by atoms with van der Waals surface area (Å²) in [5, 5.41) is 3.08. The zero-order valence-corrected chi connectivity index (χ0v) is 9.52. The number of nitrogens with one attached hydrogen (secondary N) is 1. The van der Waals surface area contributed by atoms with E-state index in [9.17, 15) is 0 Å². The maximum atomic E-state index is 4.55. The zero-order chi connectivity index (χ0) is 10.3. The average Bonchev–Trinajstić information content (AvgIpc) is 2.04. The molecule has 0 saturated carbocycles. The molecular formula is C11H22N2. The summed E-state index contributed by atoms with van der Waals surface area (Å²) < 4.78 is 0. The average molecular weight is 182 g/mol. The van der Waals surface area contributed by atoms with Crippen LogP contribution in [-0.4, -0.2) is 18.8 Å². The van der Waals surface area contributed by atoms with Crippen molar-refractivity contribution in [3.63, 3.8) is 0 Å². The molecule has 1 atom stereocenters. The van der Waals surface area contributed by atoms with Gasteiger partial charge in [0.05, 0.1) is 0 Å². The Labute approximate surface area is 82.1 Å². The van der Waals surface area contributed by atoms with Crippen molar-refractivity contribution in [1.29, 1.82) is 0 Å². The second-order valence-electron chi connectivity index (χ2n) is 3.49. The maximum Gasteiger partial charge on any atom is 0.0474 e. The third-order valence-electron chi connectivity index (χ3n) is 1.95. The summed E-state index contributed by atoms with van der Waals surface area (Å²) in [6.07, 6.45) is 4.45. The van der Waals surface area contributed by atoms with Crippen LogP contribution in [0.1, 0.15) is 40.5 Å². The predicted octanol–water partition coefficient (Wildman–Crippen LogP) is 2.76. The van der Waals surface area contributed by atoms with Crippen LogP contribution in [0.25, 0.3) is 0 Å². The van der Waals surface area contributed by atoms with Crippen LogP contribution in [0.15, 0.2) is 16.8 Å². The summed E-state index contributed by atoms with van der Waals surface area (Å²) in [4.78, 5) is 4.55. The number of aliphatic imine (C=N–C) groups is 1. The van der Waals surface area contributed by atoms with Crippen molar-refractivity contribution in [2.45, 2.75) is 46.6 Å². The van der Waals surface area contributed by atoms with Gasteiger partial charge in [0.15, 0.2) is 0 Å². The Morgan fingerprint density at radius 1 is 1.46 bits per heavy atom. The first kappa shape index (κ1) is 12.2. The van der Waals surface area contributed by atoms with Crippen LogP contribution in [0.4, 0.5) is 0 Å². The van der Waals surface area contributed by atoms with Gasteiger partial charge in [-0.3, -0.25) is 4.99 Å². The largest absolute Gasteiger partial charge is 0.392 e. The van der Waals surface area contributed by atoms with Crippen molar-refractivity contribution < 1.29 is 0 Å². The Morgan fingerprint density at radius 2 is 2.08 bits per heavy atom. The quantitative estimate of drug-likeness (QED) is 0.650. The summed E-state index contributed by atoms with van der Waals surface area (Å²) in [6, 6.07) is 0.450. The summed E-state index contributed by atoms with van der Waals surface area (Å²) in [5.41, 5.74) is 2.26. The Hall–Kier alpha value is -0.790. The van der Waals surface area contributed by atoms with Gasteiger partial charge in [-0.2, -0.15) is 0 Å². The van der Waals surface area contributed by atoms with E-state index in [1.807, 2.05) is 20.9 Å². The summed E-state index contributed by atoms with van der Waals surface area (Å²) in [7, 11) is 1.93. The topological polar surface area (TPSA) is 24.4 Å². The SMILES string of the molecule is CCCC(C)/N=C(C)\C=C(/C)NC. The predicted molar refractivity (Wildman–Crippen MR) is 60.3 cm³/mol. The molecule has 0 aromatic heterocycles. The van der Waals surface area contributed by atoms with E-state index in [4.69, 9.17) is 0 Å². The van der Waals surface area contributed by atoms with Crippen LogP contribution in [0.5, 0.6) is 0 Å². The lowest BCUT2D eigenvalue weighted by atomic mass is 10.2. The van der Waals surface area contributed by atoms with E-state index in [1.54, 1.807) is 0 Å². The molecule has 0 radical (unpaired) electrons. The molecule has 13 heavy (non-hydrogen) atoms. The Morgan fingerprint density at radius 3 is 2.54 bits per heavy atom. The van der Waals surface area contributed by atoms with Crippen molar-refractivity contribution in [3.05, 3.63) is 11.8 Å². The van der Waals surface area contributed by atoms with Gasteiger partial charge in [0.1, 0.15) is 0 Å². The molecule has 0 bridgehead atoms. The van der Waals surface area contributed by atoms with Crippen molar-refractivity contribution >= 4 is 5.71 Å². The van der Waals surface area contributed by atoms with Crippen molar-refractivity contribution in [2.75, 3.05) is 7.05 Å². The fourth-order valence-electron chi connectivity index (χ4n) is 1.25. The Balaban J connectivity index is 4.15. The van der Waals surface area contributed by atoms with E-state index in [0.29, 0.717) is 6.04 Å². The molecule has 0 aromatic rings. The minimum atomic E-state index is 0.450. The molecule has 0 heterocycles. The third kappa shape index (κ3) is 6.38. The fourth-order valence-corrected chi connectivity index (χ4v) is 1.25. The summed E-state index contributed by atoms with van der Waals surface area (Å²) in [6.45, 7) is 8.45. The highest BCUT2D eigenvalue weighted by atomic mass is 14.8. The summed E-state index contributed by atoms with van der Waals surface area (Å²) >= 11 is 0. The Bertz CT molecular complexity index is 192. The first-order chi connectivity index (χ1) is 6.10. The molecule has 76 valence electrons. The highest BCUT2D eigenvalue weighted by Crippen LogP contribution is 2.01. The lowest BCUT2D eigenvalue weighted by Crippen LogP contribution is -2.06. The molecule has 0 rings (SSSR count). The van der Waals surface area contributed by atoms with Gasteiger partial charge >= 0.3 is 0 Å². The van der Waals surface area contributed by atoms with Gasteiger partial charge in [-0.15, -0.1) is 0 Å². The van der Waals surface area contributed by atoms with E-state index in [0.717, 1.165) is 11.4 Å². The van der Waals surface area contributed by atoms with E-state index in [1.165, 1.54) is 12.8 Å². The normalized spacial score (nSPS) is 15.8. The Kier molecular flexibility index (Phi) is 6.29. The van der Waals surface area contributed by atoms with E-state index in [2.05, 4.69) is 30.2 Å². The monoisotopic (exact) mass is 182 g/mol. The number of allylic oxidation sites excluding steroid dienone is 2. The van der Waals surface area contributed by atoms with Gasteiger partial charge in [0, 0.05) is 24.5 Å². The zero-order valence-electron chi connectivity index (χ0n) is 9.52. The molecule has 0 spiro atoms. The maximum absolute atomic E-state index is 4.55. The van der Waals surface area contributed by atoms with Gasteiger partial charge in [-0.25, -0.2) is 0 Å². The molecule has 0 fully saturated rings. The van der Waals surface area contributed by atoms with Crippen LogP contribution in [0.3, 0.4) is 0 Å². The molecule has 0 aromatic carbocycles. The number of rotatable bonds is 5. The van der Waals surface area contributed by atoms with Crippen LogP contribution >= 0.6 is 0 Å². The fraction of sp³-hybridized carbons (Fsp3) is 0.727. The second kappa shape index (κ2) is 6.70. The molecule has 1 unspecified atom stereocenters. The van der Waals surface area contributed by atoms with Gasteiger partial charge in [0.25, 0.3) is 0 Å². The highest BCUT2D eigenvalue weighted by molar-refractivity contribution is 5.93. The van der Waals surface area contributed by atoms with Crippen molar-refractivity contribution in [3.8, 4) is 0 Å². The second-order valence-corrected chi connectivity index (χ2v) is 3.49. The number of nitrogens with zero attached hydrogens (tertiary/aromatic N) is 1.